The number of carbonyl (C=O) groups excluding carboxylic acids is 3. The molecular weight excluding hydrogens is 520 g/mol. The molecule has 1 N–H and O–H groups in total. The number of aromatic nitrogens is 1. The fourth-order valence-electron chi connectivity index (χ4n) is 5.09. The van der Waals surface area contributed by atoms with E-state index in [0.717, 1.165) is 28.6 Å². The maximum absolute atomic E-state index is 13.1. The highest BCUT2D eigenvalue weighted by atomic mass is 35.5. The molecule has 1 aromatic heterocycles. The summed E-state index contributed by atoms with van der Waals surface area (Å²) in [6.45, 7) is 9.08. The van der Waals surface area contributed by atoms with Gasteiger partial charge >= 0.3 is 6.15 Å². The van der Waals surface area contributed by atoms with Crippen molar-refractivity contribution >= 4 is 34.6 Å². The van der Waals surface area contributed by atoms with E-state index in [-0.39, 0.29) is 18.1 Å². The number of halogens is 1. The minimum atomic E-state index is -0.119. The van der Waals surface area contributed by atoms with Crippen LogP contribution in [0.25, 0.3) is 22.0 Å². The molecule has 1 heterocycles. The standard InChI is InChI=1S/C33H31ClN2O.CO2/c1-21-18-29(34)15-16-30(21)23(3)35-33(37)28-14-17-32-31(19-28)22(2)24(4)36(32)20-25-10-12-27(13-11-25)26-8-6-5-7-9-26;2-1-3/h5-19,23H,20H2,1-4H3,(H,35,37);/t23-;/m0./s1. The zero-order chi connectivity index (χ0) is 28.8. The summed E-state index contributed by atoms with van der Waals surface area (Å²) in [6.07, 6.45) is 0.250. The molecule has 6 heteroatoms. The molecule has 0 unspecified atom stereocenters. The van der Waals surface area contributed by atoms with Crippen LogP contribution < -0.4 is 5.32 Å². The normalized spacial score (nSPS) is 11.3. The van der Waals surface area contributed by atoms with E-state index in [1.165, 1.54) is 27.9 Å². The highest BCUT2D eigenvalue weighted by Gasteiger charge is 2.17. The van der Waals surface area contributed by atoms with Crippen LogP contribution in [0.5, 0.6) is 0 Å². The van der Waals surface area contributed by atoms with Crippen LogP contribution in [-0.4, -0.2) is 16.6 Å². The van der Waals surface area contributed by atoms with Gasteiger partial charge in [0.1, 0.15) is 0 Å². The largest absolute Gasteiger partial charge is 0.373 e. The molecule has 5 nitrogen and oxygen atoms in total. The number of amides is 1. The molecule has 1 atom stereocenters. The molecule has 40 heavy (non-hydrogen) atoms. The molecule has 4 aromatic carbocycles. The van der Waals surface area contributed by atoms with E-state index in [0.29, 0.717) is 10.6 Å². The van der Waals surface area contributed by atoms with Crippen molar-refractivity contribution in [3.05, 3.63) is 130 Å². The molecule has 0 spiro atoms. The quantitative estimate of drug-likeness (QED) is 0.234. The number of hydrogen-bond acceptors (Lipinski definition) is 3. The summed E-state index contributed by atoms with van der Waals surface area (Å²) in [5.41, 5.74) is 10.0. The second-order valence-electron chi connectivity index (χ2n) is 9.87. The molecule has 0 aliphatic carbocycles. The first-order valence-corrected chi connectivity index (χ1v) is 13.4. The van der Waals surface area contributed by atoms with Crippen molar-refractivity contribution in [2.24, 2.45) is 0 Å². The van der Waals surface area contributed by atoms with Gasteiger partial charge in [0.2, 0.25) is 0 Å². The van der Waals surface area contributed by atoms with Gasteiger partial charge in [-0.05, 0) is 91.4 Å². The van der Waals surface area contributed by atoms with Gasteiger partial charge in [-0.1, -0.05) is 72.3 Å². The summed E-state index contributed by atoms with van der Waals surface area (Å²) in [5, 5.41) is 4.96. The third-order valence-electron chi connectivity index (χ3n) is 7.35. The number of hydrogen-bond donors (Lipinski definition) is 1. The van der Waals surface area contributed by atoms with Crippen LogP contribution >= 0.6 is 11.6 Å². The van der Waals surface area contributed by atoms with Gasteiger partial charge in [0, 0.05) is 33.7 Å². The second-order valence-corrected chi connectivity index (χ2v) is 10.3. The zero-order valence-corrected chi connectivity index (χ0v) is 23.8. The van der Waals surface area contributed by atoms with Crippen LogP contribution in [0.2, 0.25) is 5.02 Å². The lowest BCUT2D eigenvalue weighted by molar-refractivity contribution is -0.191. The van der Waals surface area contributed by atoms with Crippen molar-refractivity contribution in [3.63, 3.8) is 0 Å². The second kappa shape index (κ2) is 12.6. The number of carbonyl (C=O) groups is 1. The maximum atomic E-state index is 13.1. The molecule has 1 amide bonds. The number of nitrogens with zero attached hydrogens (tertiary/aromatic N) is 1. The lowest BCUT2D eigenvalue weighted by Crippen LogP contribution is -2.27. The molecule has 0 radical (unpaired) electrons. The lowest BCUT2D eigenvalue weighted by Gasteiger charge is -2.17. The van der Waals surface area contributed by atoms with Crippen LogP contribution in [0.1, 0.15) is 51.3 Å². The fourth-order valence-corrected chi connectivity index (χ4v) is 5.32. The van der Waals surface area contributed by atoms with Gasteiger partial charge in [0.25, 0.3) is 5.91 Å². The summed E-state index contributed by atoms with van der Waals surface area (Å²) >= 11 is 6.10. The maximum Gasteiger partial charge on any atom is 0.373 e. The predicted octanol–water partition coefficient (Wildman–Crippen LogP) is 7.84. The molecular formula is C34H31ClN2O3. The smallest absolute Gasteiger partial charge is 0.346 e. The Hall–Kier alpha value is -4.44. The van der Waals surface area contributed by atoms with Crippen molar-refractivity contribution in [2.75, 3.05) is 0 Å². The Kier molecular flexibility index (Phi) is 9.00. The molecule has 202 valence electrons. The summed E-state index contributed by atoms with van der Waals surface area (Å²) in [7, 11) is 0. The molecule has 5 rings (SSSR count). The summed E-state index contributed by atoms with van der Waals surface area (Å²) in [4.78, 5) is 29.4. The third kappa shape index (κ3) is 6.23. The van der Waals surface area contributed by atoms with Gasteiger partial charge in [-0.25, -0.2) is 0 Å². The van der Waals surface area contributed by atoms with Crippen molar-refractivity contribution in [2.45, 2.75) is 40.3 Å². The highest BCUT2D eigenvalue weighted by Crippen LogP contribution is 2.29. The van der Waals surface area contributed by atoms with Crippen molar-refractivity contribution in [3.8, 4) is 11.1 Å². The Morgan fingerprint density at radius 1 is 0.875 bits per heavy atom. The van der Waals surface area contributed by atoms with Crippen LogP contribution in [0.4, 0.5) is 0 Å². The molecule has 0 saturated carbocycles. The fraction of sp³-hybridized carbons (Fsp3) is 0.176. The van der Waals surface area contributed by atoms with Gasteiger partial charge < -0.3 is 9.88 Å². The van der Waals surface area contributed by atoms with Gasteiger partial charge in [0.05, 0.1) is 6.04 Å². The summed E-state index contributed by atoms with van der Waals surface area (Å²) < 4.78 is 2.34. The van der Waals surface area contributed by atoms with E-state index in [9.17, 15) is 4.79 Å². The first kappa shape index (κ1) is 28.6. The number of fused-ring (bicyclic) bond motifs is 1. The average molecular weight is 551 g/mol. The Morgan fingerprint density at radius 2 is 1.52 bits per heavy atom. The van der Waals surface area contributed by atoms with Gasteiger partial charge in [-0.2, -0.15) is 9.59 Å². The Morgan fingerprint density at radius 3 is 2.17 bits per heavy atom. The van der Waals surface area contributed by atoms with Crippen molar-refractivity contribution in [1.82, 2.24) is 9.88 Å². The number of rotatable bonds is 6. The Labute approximate surface area is 239 Å². The minimum absolute atomic E-state index is 0.0787. The van der Waals surface area contributed by atoms with Crippen LogP contribution in [0.15, 0.2) is 91.0 Å². The monoisotopic (exact) mass is 550 g/mol. The number of nitrogens with one attached hydrogen (secondary N) is 1. The Bertz CT molecular complexity index is 1680. The predicted molar refractivity (Wildman–Crippen MR) is 159 cm³/mol. The number of benzene rings is 4. The Balaban J connectivity index is 0.00000118. The van der Waals surface area contributed by atoms with E-state index in [1.807, 2.05) is 50.2 Å². The molecule has 0 aliphatic heterocycles. The molecule has 0 fully saturated rings. The molecule has 0 aliphatic rings. The number of aryl methyl sites for hydroxylation is 2. The first-order chi connectivity index (χ1) is 19.2. The average Bonchev–Trinajstić information content (AvgIpc) is 3.18. The minimum Gasteiger partial charge on any atom is -0.346 e. The van der Waals surface area contributed by atoms with Crippen molar-refractivity contribution in [1.29, 1.82) is 0 Å². The van der Waals surface area contributed by atoms with Crippen LogP contribution in [0.3, 0.4) is 0 Å². The highest BCUT2D eigenvalue weighted by molar-refractivity contribution is 6.30. The van der Waals surface area contributed by atoms with E-state index in [4.69, 9.17) is 21.2 Å². The van der Waals surface area contributed by atoms with Crippen LogP contribution in [-0.2, 0) is 16.1 Å². The van der Waals surface area contributed by atoms with Gasteiger partial charge in [0.15, 0.2) is 0 Å². The SMILES string of the molecule is Cc1cc(Cl)ccc1[C@H](C)NC(=O)c1ccc2c(c1)c(C)c(C)n2Cc1ccc(-c2ccccc2)cc1.O=C=O. The molecule has 0 saturated heterocycles. The van der Waals surface area contributed by atoms with Gasteiger partial charge in [-0.3, -0.25) is 4.79 Å². The van der Waals surface area contributed by atoms with E-state index < -0.39 is 0 Å². The molecule has 0 bridgehead atoms. The van der Waals surface area contributed by atoms with Crippen LogP contribution in [0, 0.1) is 20.8 Å². The summed E-state index contributed by atoms with van der Waals surface area (Å²) in [5.74, 6) is -0.0787. The zero-order valence-electron chi connectivity index (χ0n) is 23.0. The van der Waals surface area contributed by atoms with E-state index in [1.54, 1.807) is 0 Å². The molecule has 5 aromatic rings. The third-order valence-corrected chi connectivity index (χ3v) is 7.58. The van der Waals surface area contributed by atoms with Crippen molar-refractivity contribution < 1.29 is 14.4 Å². The lowest BCUT2D eigenvalue weighted by atomic mass is 10.0. The van der Waals surface area contributed by atoms with E-state index >= 15 is 0 Å². The van der Waals surface area contributed by atoms with E-state index in [2.05, 4.69) is 78.3 Å². The first-order valence-electron chi connectivity index (χ1n) is 13.0. The summed E-state index contributed by atoms with van der Waals surface area (Å²) in [6, 6.07) is 30.9. The van der Waals surface area contributed by atoms with Gasteiger partial charge in [-0.15, -0.1) is 0 Å². The topological polar surface area (TPSA) is 68.2 Å².